The van der Waals surface area contributed by atoms with Gasteiger partial charge < -0.3 is 10.2 Å². The van der Waals surface area contributed by atoms with E-state index in [9.17, 15) is 0 Å². The molecule has 134 valence electrons. The number of hydrogen-bond acceptors (Lipinski definition) is 5. The molecule has 1 saturated carbocycles. The summed E-state index contributed by atoms with van der Waals surface area (Å²) in [6.07, 6.45) is 14.4. The molecule has 2 aromatic heterocycles. The second kappa shape index (κ2) is 8.21. The number of nitrogens with zero attached hydrogens (tertiary/aromatic N) is 4. The van der Waals surface area contributed by atoms with Crippen LogP contribution in [0.5, 0.6) is 0 Å². The molecule has 0 radical (unpaired) electrons. The van der Waals surface area contributed by atoms with Gasteiger partial charge >= 0.3 is 0 Å². The number of anilines is 1. The van der Waals surface area contributed by atoms with Gasteiger partial charge in [-0.2, -0.15) is 0 Å². The highest BCUT2D eigenvalue weighted by Crippen LogP contribution is 2.23. The molecule has 5 heteroatoms. The maximum absolute atomic E-state index is 4.46. The highest BCUT2D eigenvalue weighted by molar-refractivity contribution is 5.69. The van der Waals surface area contributed by atoms with Crippen LogP contribution in [-0.4, -0.2) is 46.0 Å². The van der Waals surface area contributed by atoms with Gasteiger partial charge in [-0.15, -0.1) is 0 Å². The summed E-state index contributed by atoms with van der Waals surface area (Å²) in [5, 5.41) is 3.48. The quantitative estimate of drug-likeness (QED) is 0.896. The molecule has 1 aliphatic rings. The topological polar surface area (TPSA) is 53.9 Å². The van der Waals surface area contributed by atoms with E-state index < -0.39 is 0 Å². The maximum atomic E-state index is 4.46. The molecule has 0 spiro atoms. The van der Waals surface area contributed by atoms with E-state index in [2.05, 4.69) is 51.4 Å². The molecule has 1 N–H and O–H groups in total. The van der Waals surface area contributed by atoms with Crippen molar-refractivity contribution >= 4 is 18.1 Å². The van der Waals surface area contributed by atoms with Gasteiger partial charge in [0.25, 0.3) is 0 Å². The van der Waals surface area contributed by atoms with E-state index >= 15 is 0 Å². The molecule has 3 rings (SSSR count). The first-order valence-electron chi connectivity index (χ1n) is 8.96. The van der Waals surface area contributed by atoms with Crippen LogP contribution in [0, 0.1) is 6.92 Å². The van der Waals surface area contributed by atoms with Gasteiger partial charge in [0.1, 0.15) is 0 Å². The van der Waals surface area contributed by atoms with Crippen LogP contribution >= 0.6 is 0 Å². The first-order chi connectivity index (χ1) is 12.1. The molecule has 0 amide bonds. The minimum atomic E-state index is 0. The first kappa shape index (κ1) is 17.5. The van der Waals surface area contributed by atoms with Gasteiger partial charge in [-0.25, -0.2) is 9.97 Å². The fourth-order valence-electron chi connectivity index (χ4n) is 3.28. The number of aryl methyl sites for hydroxylation is 1. The van der Waals surface area contributed by atoms with Crippen molar-refractivity contribution < 1.29 is 1.43 Å². The van der Waals surface area contributed by atoms with Crippen molar-refractivity contribution in [2.75, 3.05) is 19.4 Å². The highest BCUT2D eigenvalue weighted by Gasteiger charge is 2.22. The molecule has 5 nitrogen and oxygen atoms in total. The Balaban J connectivity index is 0.00000243. The third-order valence-corrected chi connectivity index (χ3v) is 4.94. The van der Waals surface area contributed by atoms with E-state index in [-0.39, 0.29) is 1.43 Å². The molecule has 1 fully saturated rings. The summed E-state index contributed by atoms with van der Waals surface area (Å²) in [5.74, 6) is 0.725. The number of aromatic nitrogens is 3. The van der Waals surface area contributed by atoms with E-state index in [4.69, 9.17) is 0 Å². The van der Waals surface area contributed by atoms with Crippen LogP contribution in [0.2, 0.25) is 0 Å². The van der Waals surface area contributed by atoms with Gasteiger partial charge in [0.2, 0.25) is 5.95 Å². The molecule has 0 bridgehead atoms. The van der Waals surface area contributed by atoms with Gasteiger partial charge in [-0.1, -0.05) is 18.2 Å². The fraction of sp³-hybridized carbons (Fsp3) is 0.450. The Morgan fingerprint density at radius 1 is 1.08 bits per heavy atom. The minimum absolute atomic E-state index is 0. The van der Waals surface area contributed by atoms with E-state index in [1.165, 1.54) is 25.7 Å². The minimum Gasteiger partial charge on any atom is -0.351 e. The van der Waals surface area contributed by atoms with Crippen molar-refractivity contribution in [3.63, 3.8) is 0 Å². The number of hydrogen-bond donors (Lipinski definition) is 1. The van der Waals surface area contributed by atoms with E-state index in [0.717, 1.165) is 22.8 Å². The Hall–Kier alpha value is -2.27. The van der Waals surface area contributed by atoms with Crippen LogP contribution in [0.15, 0.2) is 30.7 Å². The average molecular weight is 339 g/mol. The molecule has 1 aliphatic carbocycles. The highest BCUT2D eigenvalue weighted by atomic mass is 15.1. The molecule has 25 heavy (non-hydrogen) atoms. The summed E-state index contributed by atoms with van der Waals surface area (Å²) in [7, 11) is 4.33. The summed E-state index contributed by atoms with van der Waals surface area (Å²) in [6, 6.07) is 5.19. The molecule has 0 saturated heterocycles. The summed E-state index contributed by atoms with van der Waals surface area (Å²) < 4.78 is 0. The van der Waals surface area contributed by atoms with Crippen molar-refractivity contribution in [2.24, 2.45) is 0 Å². The Bertz CT molecular complexity index is 706. The lowest BCUT2D eigenvalue weighted by Crippen LogP contribution is -2.36. The second-order valence-corrected chi connectivity index (χ2v) is 6.96. The number of pyridine rings is 1. The van der Waals surface area contributed by atoms with Gasteiger partial charge in [-0.05, 0) is 58.3 Å². The summed E-state index contributed by atoms with van der Waals surface area (Å²) in [5.41, 5.74) is 3.12. The summed E-state index contributed by atoms with van der Waals surface area (Å²) in [4.78, 5) is 15.5. The molecule has 0 atom stereocenters. The molecule has 0 unspecified atom stereocenters. The van der Waals surface area contributed by atoms with Crippen molar-refractivity contribution in [1.82, 2.24) is 19.9 Å². The first-order valence-corrected chi connectivity index (χ1v) is 8.96. The van der Waals surface area contributed by atoms with Crippen molar-refractivity contribution in [1.29, 1.82) is 0 Å². The standard InChI is InChI=1S/C20H27N5.H2/c1-15-17(5-4-12-21-15)7-6-16-13-22-20(23-14-16)24-18-8-10-19(11-9-18)25(2)3;/h4-7,12-14,18-19H,8-11H2,1-3H3,(H,22,23,24);1H/b7-6+;. The normalized spacial score (nSPS) is 21.0. The Kier molecular flexibility index (Phi) is 5.76. The van der Waals surface area contributed by atoms with Gasteiger partial charge in [0.05, 0.1) is 0 Å². The lowest BCUT2D eigenvalue weighted by atomic mass is 9.91. The Morgan fingerprint density at radius 3 is 2.44 bits per heavy atom. The van der Waals surface area contributed by atoms with Crippen molar-refractivity contribution in [3.05, 3.63) is 47.5 Å². The predicted octanol–water partition coefficient (Wildman–Crippen LogP) is 3.88. The molecule has 0 aliphatic heterocycles. The van der Waals surface area contributed by atoms with Crippen molar-refractivity contribution in [2.45, 2.75) is 44.7 Å². The zero-order valence-corrected chi connectivity index (χ0v) is 15.3. The predicted molar refractivity (Wildman–Crippen MR) is 105 cm³/mol. The van der Waals surface area contributed by atoms with Crippen LogP contribution in [0.25, 0.3) is 12.2 Å². The van der Waals surface area contributed by atoms with E-state index in [0.29, 0.717) is 12.1 Å². The molecular formula is C20H29N5. The molecule has 2 heterocycles. The van der Waals surface area contributed by atoms with Gasteiger partial charge in [0, 0.05) is 43.4 Å². The lowest BCUT2D eigenvalue weighted by Gasteiger charge is -2.32. The molecule has 2 aromatic rings. The number of nitrogens with one attached hydrogen (secondary N) is 1. The van der Waals surface area contributed by atoms with Crippen LogP contribution in [-0.2, 0) is 0 Å². The Morgan fingerprint density at radius 2 is 1.80 bits per heavy atom. The van der Waals surface area contributed by atoms with Crippen molar-refractivity contribution in [3.8, 4) is 0 Å². The molecular weight excluding hydrogens is 310 g/mol. The largest absolute Gasteiger partial charge is 0.351 e. The SMILES string of the molecule is Cc1ncccc1/C=C/c1cnc(NC2CCC(N(C)C)CC2)nc1.[HH]. The maximum Gasteiger partial charge on any atom is 0.222 e. The third kappa shape index (κ3) is 4.86. The van der Waals surface area contributed by atoms with Crippen LogP contribution in [0.3, 0.4) is 0 Å². The summed E-state index contributed by atoms with van der Waals surface area (Å²) >= 11 is 0. The lowest BCUT2D eigenvalue weighted by molar-refractivity contribution is 0.221. The summed E-state index contributed by atoms with van der Waals surface area (Å²) in [6.45, 7) is 2.01. The zero-order valence-electron chi connectivity index (χ0n) is 15.3. The van der Waals surface area contributed by atoms with E-state index in [1.54, 1.807) is 0 Å². The van der Waals surface area contributed by atoms with E-state index in [1.807, 2.05) is 37.7 Å². The van der Waals surface area contributed by atoms with Crippen LogP contribution < -0.4 is 5.32 Å². The fourth-order valence-corrected chi connectivity index (χ4v) is 3.28. The van der Waals surface area contributed by atoms with Gasteiger partial charge in [-0.3, -0.25) is 4.98 Å². The molecule has 0 aromatic carbocycles. The van der Waals surface area contributed by atoms with Crippen LogP contribution in [0.4, 0.5) is 5.95 Å². The second-order valence-electron chi connectivity index (χ2n) is 6.96. The third-order valence-electron chi connectivity index (χ3n) is 4.94. The monoisotopic (exact) mass is 339 g/mol. The number of rotatable bonds is 5. The Labute approximate surface area is 151 Å². The smallest absolute Gasteiger partial charge is 0.222 e. The van der Waals surface area contributed by atoms with Gasteiger partial charge in [0.15, 0.2) is 0 Å². The van der Waals surface area contributed by atoms with Crippen LogP contribution in [0.1, 0.15) is 43.9 Å². The average Bonchev–Trinajstić information content (AvgIpc) is 2.63. The zero-order chi connectivity index (χ0) is 17.6.